The number of phosphoric ester groups is 1. The molecule has 0 saturated carbocycles. The molecule has 0 aliphatic heterocycles. The van der Waals surface area contributed by atoms with E-state index in [-0.39, 0.29) is 12.5 Å². The zero-order valence-electron chi connectivity index (χ0n) is 16.8. The molecule has 0 bridgehead atoms. The number of nitrogens with one attached hydrogen (secondary N) is 1. The first-order valence-electron chi connectivity index (χ1n) is 10.3. The molecular formula is C19H40NO5P. The predicted molar refractivity (Wildman–Crippen MR) is 106 cm³/mol. The van der Waals surface area contributed by atoms with Crippen LogP contribution in [0.2, 0.25) is 0 Å². The van der Waals surface area contributed by atoms with Gasteiger partial charge in [0.25, 0.3) is 0 Å². The zero-order valence-corrected chi connectivity index (χ0v) is 17.6. The molecule has 0 aliphatic carbocycles. The van der Waals surface area contributed by atoms with E-state index in [1.807, 2.05) is 0 Å². The molecule has 7 heteroatoms. The van der Waals surface area contributed by atoms with Gasteiger partial charge in [0.1, 0.15) is 0 Å². The van der Waals surface area contributed by atoms with Crippen molar-refractivity contribution in [3.05, 3.63) is 0 Å². The molecule has 3 N–H and O–H groups in total. The topological polar surface area (TPSA) is 95.9 Å². The van der Waals surface area contributed by atoms with E-state index in [1.165, 1.54) is 70.6 Å². The third-order valence-corrected chi connectivity index (χ3v) is 4.89. The second-order valence-electron chi connectivity index (χ2n) is 7.25. The SMILES string of the molecule is CCCCCCCCCCCCCCCC(=O)NC(C)COP(=O)(O)O. The lowest BCUT2D eigenvalue weighted by molar-refractivity contribution is -0.122. The van der Waals surface area contributed by atoms with Gasteiger partial charge in [0.15, 0.2) is 0 Å². The number of phosphoric acid groups is 1. The van der Waals surface area contributed by atoms with Crippen molar-refractivity contribution in [3.63, 3.8) is 0 Å². The molecule has 26 heavy (non-hydrogen) atoms. The van der Waals surface area contributed by atoms with E-state index < -0.39 is 13.9 Å². The minimum atomic E-state index is -4.47. The molecule has 0 rings (SSSR count). The Morgan fingerprint density at radius 1 is 0.885 bits per heavy atom. The molecule has 1 unspecified atom stereocenters. The second kappa shape index (κ2) is 16.7. The Labute approximate surface area is 159 Å². The van der Waals surface area contributed by atoms with Gasteiger partial charge in [-0.05, 0) is 13.3 Å². The van der Waals surface area contributed by atoms with Crippen molar-refractivity contribution in [3.8, 4) is 0 Å². The minimum Gasteiger partial charge on any atom is -0.351 e. The van der Waals surface area contributed by atoms with Crippen molar-refractivity contribution in [1.29, 1.82) is 0 Å². The largest absolute Gasteiger partial charge is 0.469 e. The number of carbonyl (C=O) groups excluding carboxylic acids is 1. The standard InChI is InChI=1S/C19H40NO5P/c1-3-4-5-6-7-8-9-10-11-12-13-14-15-16-19(21)20-18(2)17-25-26(22,23)24/h18H,3-17H2,1-2H3,(H,20,21)(H2,22,23,24). The Kier molecular flexibility index (Phi) is 16.5. The molecule has 6 nitrogen and oxygen atoms in total. The molecule has 156 valence electrons. The quantitative estimate of drug-likeness (QED) is 0.223. The summed E-state index contributed by atoms with van der Waals surface area (Å²) in [5.74, 6) is -0.0881. The van der Waals surface area contributed by atoms with Gasteiger partial charge in [-0.15, -0.1) is 0 Å². The summed E-state index contributed by atoms with van der Waals surface area (Å²) in [5, 5.41) is 2.69. The van der Waals surface area contributed by atoms with Gasteiger partial charge in [0, 0.05) is 12.5 Å². The zero-order chi connectivity index (χ0) is 19.7. The van der Waals surface area contributed by atoms with Gasteiger partial charge in [0.05, 0.1) is 6.61 Å². The molecule has 0 fully saturated rings. The average Bonchev–Trinajstić information content (AvgIpc) is 2.56. The number of amides is 1. The van der Waals surface area contributed by atoms with Crippen LogP contribution >= 0.6 is 7.82 Å². The number of carbonyl (C=O) groups is 1. The number of rotatable bonds is 18. The Bertz CT molecular complexity index is 386. The second-order valence-corrected chi connectivity index (χ2v) is 8.49. The van der Waals surface area contributed by atoms with E-state index in [9.17, 15) is 9.36 Å². The van der Waals surface area contributed by atoms with Crippen molar-refractivity contribution in [2.24, 2.45) is 0 Å². The van der Waals surface area contributed by atoms with E-state index in [4.69, 9.17) is 9.79 Å². The van der Waals surface area contributed by atoms with E-state index in [1.54, 1.807) is 6.92 Å². The highest BCUT2D eigenvalue weighted by molar-refractivity contribution is 7.46. The van der Waals surface area contributed by atoms with Crippen molar-refractivity contribution in [1.82, 2.24) is 5.32 Å². The molecule has 0 aliphatic rings. The van der Waals surface area contributed by atoms with Crippen LogP contribution in [0.5, 0.6) is 0 Å². The molecule has 1 amide bonds. The van der Waals surface area contributed by atoms with Crippen LogP contribution in [0.3, 0.4) is 0 Å². The monoisotopic (exact) mass is 393 g/mol. The lowest BCUT2D eigenvalue weighted by Crippen LogP contribution is -2.35. The molecule has 0 saturated heterocycles. The number of unbranched alkanes of at least 4 members (excludes halogenated alkanes) is 12. The van der Waals surface area contributed by atoms with Gasteiger partial charge in [-0.25, -0.2) is 4.57 Å². The van der Waals surface area contributed by atoms with Crippen LogP contribution in [0.25, 0.3) is 0 Å². The highest BCUT2D eigenvalue weighted by Crippen LogP contribution is 2.35. The molecule has 0 spiro atoms. The fraction of sp³-hybridized carbons (Fsp3) is 0.947. The summed E-state index contributed by atoms with van der Waals surface area (Å²) < 4.78 is 15.0. The number of hydrogen-bond donors (Lipinski definition) is 3. The van der Waals surface area contributed by atoms with E-state index in [0.717, 1.165) is 12.8 Å². The van der Waals surface area contributed by atoms with Gasteiger partial charge in [-0.1, -0.05) is 84.0 Å². The van der Waals surface area contributed by atoms with Gasteiger partial charge in [-0.3, -0.25) is 9.32 Å². The average molecular weight is 394 g/mol. The lowest BCUT2D eigenvalue weighted by atomic mass is 10.0. The Hall–Kier alpha value is -0.420. The first kappa shape index (κ1) is 25.6. The van der Waals surface area contributed by atoms with Crippen molar-refractivity contribution in [2.45, 2.75) is 110 Å². The first-order chi connectivity index (χ1) is 12.3. The Balaban J connectivity index is 3.34. The van der Waals surface area contributed by atoms with Crippen molar-refractivity contribution < 1.29 is 23.7 Å². The summed E-state index contributed by atoms with van der Waals surface area (Å²) in [6.45, 7) is 3.73. The van der Waals surface area contributed by atoms with E-state index >= 15 is 0 Å². The van der Waals surface area contributed by atoms with E-state index in [0.29, 0.717) is 6.42 Å². The van der Waals surface area contributed by atoms with Gasteiger partial charge in [0.2, 0.25) is 5.91 Å². The maximum absolute atomic E-state index is 11.7. The van der Waals surface area contributed by atoms with Crippen LogP contribution in [-0.2, 0) is 13.9 Å². The molecule has 1 atom stereocenters. The maximum Gasteiger partial charge on any atom is 0.469 e. The third-order valence-electron chi connectivity index (χ3n) is 4.41. The molecule has 0 aromatic rings. The van der Waals surface area contributed by atoms with Crippen molar-refractivity contribution >= 4 is 13.7 Å². The van der Waals surface area contributed by atoms with Gasteiger partial charge < -0.3 is 15.1 Å². The van der Waals surface area contributed by atoms with E-state index in [2.05, 4.69) is 16.8 Å². The summed E-state index contributed by atoms with van der Waals surface area (Å²) in [6.07, 6.45) is 17.0. The Morgan fingerprint density at radius 3 is 1.73 bits per heavy atom. The highest BCUT2D eigenvalue weighted by Gasteiger charge is 2.16. The summed E-state index contributed by atoms with van der Waals surface area (Å²) in [4.78, 5) is 28.9. The molecule has 0 radical (unpaired) electrons. The third kappa shape index (κ3) is 19.9. The van der Waals surface area contributed by atoms with Gasteiger partial charge >= 0.3 is 7.82 Å². The highest BCUT2D eigenvalue weighted by atomic mass is 31.2. The molecule has 0 aromatic carbocycles. The van der Waals surface area contributed by atoms with Crippen LogP contribution in [0.1, 0.15) is 104 Å². The molecule has 0 aromatic heterocycles. The summed E-state index contributed by atoms with van der Waals surface area (Å²) >= 11 is 0. The van der Waals surface area contributed by atoms with Crippen LogP contribution in [-0.4, -0.2) is 28.3 Å². The first-order valence-corrected chi connectivity index (χ1v) is 11.9. The van der Waals surface area contributed by atoms with Crippen LogP contribution < -0.4 is 5.32 Å². The smallest absolute Gasteiger partial charge is 0.351 e. The summed E-state index contributed by atoms with van der Waals surface area (Å²) in [5.41, 5.74) is 0. The normalized spacial score (nSPS) is 12.9. The van der Waals surface area contributed by atoms with Crippen LogP contribution in [0, 0.1) is 0 Å². The van der Waals surface area contributed by atoms with Crippen LogP contribution in [0.4, 0.5) is 0 Å². The Morgan fingerprint density at radius 2 is 1.31 bits per heavy atom. The minimum absolute atomic E-state index is 0.0881. The fourth-order valence-electron chi connectivity index (χ4n) is 2.90. The summed E-state index contributed by atoms with van der Waals surface area (Å²) in [7, 11) is -4.47. The van der Waals surface area contributed by atoms with Gasteiger partial charge in [-0.2, -0.15) is 0 Å². The maximum atomic E-state index is 11.7. The lowest BCUT2D eigenvalue weighted by Gasteiger charge is -2.14. The van der Waals surface area contributed by atoms with Crippen LogP contribution in [0.15, 0.2) is 0 Å². The fourth-order valence-corrected chi connectivity index (χ4v) is 3.32. The molecular weight excluding hydrogens is 353 g/mol. The van der Waals surface area contributed by atoms with Crippen molar-refractivity contribution in [2.75, 3.05) is 6.61 Å². The number of hydrogen-bond acceptors (Lipinski definition) is 3. The molecule has 0 heterocycles. The summed E-state index contributed by atoms with van der Waals surface area (Å²) in [6, 6.07) is -0.405. The predicted octanol–water partition coefficient (Wildman–Crippen LogP) is 5.08.